The number of nitrogens with zero attached hydrogens (tertiary/aromatic N) is 2. The molecule has 1 aliphatic rings. The number of benzene rings is 1. The molecule has 1 heterocycles. The van der Waals surface area contributed by atoms with Crippen LogP contribution >= 0.6 is 0 Å². The van der Waals surface area contributed by atoms with E-state index in [-0.39, 0.29) is 5.75 Å². The van der Waals surface area contributed by atoms with Gasteiger partial charge in [0.15, 0.2) is 5.96 Å². The van der Waals surface area contributed by atoms with Gasteiger partial charge in [0.1, 0.15) is 5.75 Å². The van der Waals surface area contributed by atoms with Crippen LogP contribution in [0.3, 0.4) is 0 Å². The minimum Gasteiger partial charge on any atom is -0.435 e. The van der Waals surface area contributed by atoms with Crippen LogP contribution in [0.4, 0.5) is 8.78 Å². The summed E-state index contributed by atoms with van der Waals surface area (Å²) in [6, 6.07) is 6.80. The monoisotopic (exact) mass is 311 g/mol. The predicted molar refractivity (Wildman–Crippen MR) is 83.3 cm³/mol. The lowest BCUT2D eigenvalue weighted by Crippen LogP contribution is -2.38. The van der Waals surface area contributed by atoms with E-state index >= 15 is 0 Å². The van der Waals surface area contributed by atoms with E-state index in [0.29, 0.717) is 18.9 Å². The summed E-state index contributed by atoms with van der Waals surface area (Å²) in [6.07, 6.45) is 5.28. The van der Waals surface area contributed by atoms with Crippen LogP contribution in [-0.2, 0) is 6.42 Å². The summed E-state index contributed by atoms with van der Waals surface area (Å²) in [4.78, 5) is 6.49. The fourth-order valence-electron chi connectivity index (χ4n) is 2.61. The lowest BCUT2D eigenvalue weighted by Gasteiger charge is -2.21. The molecule has 1 aromatic carbocycles. The Morgan fingerprint density at radius 3 is 2.55 bits per heavy atom. The second-order valence-electron chi connectivity index (χ2n) is 5.38. The standard InChI is InChI=1S/C16H23F2N3O/c17-15(18)22-14-8-4-3-7-13(14)9-10-20-16(19)21-11-5-1-2-6-12-21/h3-4,7-8,15H,1-2,5-6,9-12H2,(H2,19,20). The molecular formula is C16H23F2N3O. The zero-order chi connectivity index (χ0) is 15.8. The van der Waals surface area contributed by atoms with Crippen molar-refractivity contribution in [3.63, 3.8) is 0 Å². The fourth-order valence-corrected chi connectivity index (χ4v) is 2.61. The van der Waals surface area contributed by atoms with Crippen LogP contribution in [-0.4, -0.2) is 37.1 Å². The molecule has 0 unspecified atom stereocenters. The maximum absolute atomic E-state index is 12.4. The quantitative estimate of drug-likeness (QED) is 0.672. The average molecular weight is 311 g/mol. The van der Waals surface area contributed by atoms with Crippen LogP contribution < -0.4 is 10.5 Å². The molecule has 0 atom stereocenters. The molecule has 0 aliphatic carbocycles. The van der Waals surface area contributed by atoms with Gasteiger partial charge in [0, 0.05) is 19.6 Å². The maximum atomic E-state index is 12.4. The highest BCUT2D eigenvalue weighted by molar-refractivity contribution is 5.78. The van der Waals surface area contributed by atoms with E-state index in [1.54, 1.807) is 24.3 Å². The Bertz CT molecular complexity index is 486. The number of alkyl halides is 2. The number of ether oxygens (including phenoxy) is 1. The van der Waals surface area contributed by atoms with Gasteiger partial charge in [-0.25, -0.2) is 0 Å². The van der Waals surface area contributed by atoms with Crippen molar-refractivity contribution in [1.82, 2.24) is 4.90 Å². The number of guanidine groups is 1. The number of aliphatic imine (C=N–C) groups is 1. The Labute approximate surface area is 130 Å². The molecule has 22 heavy (non-hydrogen) atoms. The molecule has 4 nitrogen and oxygen atoms in total. The van der Waals surface area contributed by atoms with Gasteiger partial charge in [-0.1, -0.05) is 31.0 Å². The molecule has 1 fully saturated rings. The summed E-state index contributed by atoms with van der Waals surface area (Å²) < 4.78 is 29.2. The SMILES string of the molecule is NC(=NCCc1ccccc1OC(F)F)N1CCCCCC1. The zero-order valence-electron chi connectivity index (χ0n) is 12.7. The number of rotatable bonds is 5. The lowest BCUT2D eigenvalue weighted by molar-refractivity contribution is -0.0504. The van der Waals surface area contributed by atoms with Gasteiger partial charge in [0.25, 0.3) is 0 Å². The third-order valence-electron chi connectivity index (χ3n) is 3.77. The van der Waals surface area contributed by atoms with E-state index in [1.807, 2.05) is 0 Å². The van der Waals surface area contributed by atoms with E-state index in [9.17, 15) is 8.78 Å². The summed E-state index contributed by atoms with van der Waals surface area (Å²) >= 11 is 0. The smallest absolute Gasteiger partial charge is 0.387 e. The molecule has 0 saturated carbocycles. The maximum Gasteiger partial charge on any atom is 0.387 e. The first-order valence-corrected chi connectivity index (χ1v) is 7.74. The molecule has 0 bridgehead atoms. The summed E-state index contributed by atoms with van der Waals surface area (Å²) in [6.45, 7) is -0.459. The molecule has 0 spiro atoms. The molecule has 2 rings (SSSR count). The van der Waals surface area contributed by atoms with Crippen molar-refractivity contribution < 1.29 is 13.5 Å². The van der Waals surface area contributed by atoms with Crippen molar-refractivity contribution in [3.05, 3.63) is 29.8 Å². The van der Waals surface area contributed by atoms with Crippen molar-refractivity contribution >= 4 is 5.96 Å². The largest absolute Gasteiger partial charge is 0.435 e. The van der Waals surface area contributed by atoms with Crippen LogP contribution in [0.2, 0.25) is 0 Å². The van der Waals surface area contributed by atoms with Gasteiger partial charge >= 0.3 is 6.61 Å². The van der Waals surface area contributed by atoms with E-state index < -0.39 is 6.61 Å². The summed E-state index contributed by atoms with van der Waals surface area (Å²) in [5.41, 5.74) is 6.74. The first-order valence-electron chi connectivity index (χ1n) is 7.74. The van der Waals surface area contributed by atoms with Crippen molar-refractivity contribution in [1.29, 1.82) is 0 Å². The third kappa shape index (κ3) is 5.16. The molecule has 6 heteroatoms. The van der Waals surface area contributed by atoms with Crippen molar-refractivity contribution in [2.75, 3.05) is 19.6 Å². The Kier molecular flexibility index (Phi) is 6.43. The number of hydrogen-bond donors (Lipinski definition) is 1. The number of likely N-dealkylation sites (tertiary alicyclic amines) is 1. The van der Waals surface area contributed by atoms with Crippen LogP contribution in [0.25, 0.3) is 0 Å². The van der Waals surface area contributed by atoms with Gasteiger partial charge in [-0.05, 0) is 30.9 Å². The van der Waals surface area contributed by atoms with Gasteiger partial charge in [-0.3, -0.25) is 4.99 Å². The normalized spacial score (nSPS) is 16.7. The Morgan fingerprint density at radius 2 is 1.86 bits per heavy atom. The molecule has 1 saturated heterocycles. The number of para-hydroxylation sites is 1. The van der Waals surface area contributed by atoms with E-state index in [2.05, 4.69) is 14.6 Å². The number of hydrogen-bond acceptors (Lipinski definition) is 2. The molecule has 0 radical (unpaired) electrons. The molecule has 122 valence electrons. The van der Waals surface area contributed by atoms with Crippen LogP contribution in [0.1, 0.15) is 31.2 Å². The highest BCUT2D eigenvalue weighted by atomic mass is 19.3. The van der Waals surface area contributed by atoms with Crippen molar-refractivity contribution in [3.8, 4) is 5.75 Å². The van der Waals surface area contributed by atoms with Gasteiger partial charge < -0.3 is 15.4 Å². The topological polar surface area (TPSA) is 50.9 Å². The Morgan fingerprint density at radius 1 is 1.18 bits per heavy atom. The van der Waals surface area contributed by atoms with Gasteiger partial charge in [-0.2, -0.15) is 8.78 Å². The summed E-state index contributed by atoms with van der Waals surface area (Å²) in [5.74, 6) is 0.759. The summed E-state index contributed by atoms with van der Waals surface area (Å²) in [5, 5.41) is 0. The first-order chi connectivity index (χ1) is 10.7. The molecule has 1 aromatic rings. The molecular weight excluding hydrogens is 288 g/mol. The Hall–Kier alpha value is -1.85. The van der Waals surface area contributed by atoms with Gasteiger partial charge in [-0.15, -0.1) is 0 Å². The zero-order valence-corrected chi connectivity index (χ0v) is 12.7. The lowest BCUT2D eigenvalue weighted by atomic mass is 10.1. The highest BCUT2D eigenvalue weighted by Gasteiger charge is 2.11. The van der Waals surface area contributed by atoms with Crippen molar-refractivity contribution in [2.24, 2.45) is 10.7 Å². The minimum absolute atomic E-state index is 0.209. The first kappa shape index (κ1) is 16.5. The number of halogens is 2. The van der Waals surface area contributed by atoms with E-state index in [4.69, 9.17) is 5.73 Å². The molecule has 0 amide bonds. The number of nitrogens with two attached hydrogens (primary N) is 1. The van der Waals surface area contributed by atoms with Gasteiger partial charge in [0.05, 0.1) is 0 Å². The van der Waals surface area contributed by atoms with Gasteiger partial charge in [0.2, 0.25) is 0 Å². The fraction of sp³-hybridized carbons (Fsp3) is 0.562. The second-order valence-corrected chi connectivity index (χ2v) is 5.38. The van der Waals surface area contributed by atoms with Crippen LogP contribution in [0.15, 0.2) is 29.3 Å². The molecule has 0 aromatic heterocycles. The molecule has 2 N–H and O–H groups in total. The third-order valence-corrected chi connectivity index (χ3v) is 3.77. The van der Waals surface area contributed by atoms with E-state index in [1.165, 1.54) is 12.8 Å². The van der Waals surface area contributed by atoms with Crippen LogP contribution in [0.5, 0.6) is 5.75 Å². The summed E-state index contributed by atoms with van der Waals surface area (Å²) in [7, 11) is 0. The predicted octanol–water partition coefficient (Wildman–Crippen LogP) is 3.02. The van der Waals surface area contributed by atoms with E-state index in [0.717, 1.165) is 31.5 Å². The van der Waals surface area contributed by atoms with Crippen molar-refractivity contribution in [2.45, 2.75) is 38.7 Å². The second kappa shape index (κ2) is 8.56. The van der Waals surface area contributed by atoms with Crippen LogP contribution in [0, 0.1) is 0 Å². The minimum atomic E-state index is -2.81. The molecule has 1 aliphatic heterocycles. The average Bonchev–Trinajstić information content (AvgIpc) is 2.77. The Balaban J connectivity index is 1.90. The highest BCUT2D eigenvalue weighted by Crippen LogP contribution is 2.20.